The van der Waals surface area contributed by atoms with E-state index >= 15 is 0 Å². The minimum atomic E-state index is -0.662. The van der Waals surface area contributed by atoms with Gasteiger partial charge in [-0.1, -0.05) is 398 Å². The molecule has 0 aliphatic heterocycles. The maximum absolute atomic E-state index is 12.5. The summed E-state index contributed by atoms with van der Waals surface area (Å²) >= 11 is 0. The average molecular weight is 1190 g/mol. The van der Waals surface area contributed by atoms with Crippen LogP contribution in [0.2, 0.25) is 0 Å². The molecule has 0 spiro atoms. The number of allylic oxidation sites excluding steroid dienone is 2. The minimum Gasteiger partial charge on any atom is -0.466 e. The van der Waals surface area contributed by atoms with E-state index in [1.165, 1.54) is 379 Å². The number of hydrogen-bond acceptors (Lipinski definition) is 5. The van der Waals surface area contributed by atoms with Crippen molar-refractivity contribution in [1.82, 2.24) is 5.32 Å². The summed E-state index contributed by atoms with van der Waals surface area (Å²) in [5.41, 5.74) is 0. The third-order valence-electron chi connectivity index (χ3n) is 18.6. The Morgan fingerprint density at radius 3 is 0.845 bits per heavy atom. The summed E-state index contributed by atoms with van der Waals surface area (Å²) in [4.78, 5) is 24.6. The van der Waals surface area contributed by atoms with Crippen molar-refractivity contribution >= 4 is 11.9 Å². The number of aliphatic hydroxyl groups is 2. The second-order valence-electron chi connectivity index (χ2n) is 27.0. The van der Waals surface area contributed by atoms with Crippen molar-refractivity contribution in [2.45, 2.75) is 463 Å². The highest BCUT2D eigenvalue weighted by molar-refractivity contribution is 5.76. The highest BCUT2D eigenvalue weighted by Gasteiger charge is 2.20. The molecule has 6 heteroatoms. The Morgan fingerprint density at radius 2 is 0.560 bits per heavy atom. The number of nitrogens with one attached hydrogen (secondary N) is 1. The molecule has 500 valence electrons. The summed E-state index contributed by atoms with van der Waals surface area (Å²) in [5.74, 6) is -0.00366. The van der Waals surface area contributed by atoms with Gasteiger partial charge in [0.2, 0.25) is 5.91 Å². The van der Waals surface area contributed by atoms with E-state index in [-0.39, 0.29) is 18.5 Å². The highest BCUT2D eigenvalue weighted by atomic mass is 16.5. The van der Waals surface area contributed by atoms with Crippen LogP contribution in [0.4, 0.5) is 0 Å². The molecule has 0 rings (SSSR count). The summed E-state index contributed by atoms with van der Waals surface area (Å²) in [6.45, 7) is 5.01. The minimum absolute atomic E-state index is 0.0234. The van der Waals surface area contributed by atoms with Crippen molar-refractivity contribution in [1.29, 1.82) is 0 Å². The van der Waals surface area contributed by atoms with Gasteiger partial charge in [0.25, 0.3) is 0 Å². The molecule has 0 radical (unpaired) electrons. The zero-order valence-electron chi connectivity index (χ0n) is 57.4. The summed E-state index contributed by atoms with van der Waals surface area (Å²) in [5, 5.41) is 23.4. The fraction of sp³-hybridized carbons (Fsp3) is 0.949. The number of carbonyl (C=O) groups excluding carboxylic acids is 2. The molecule has 0 aliphatic rings. The Labute approximate surface area is 527 Å². The number of rotatable bonds is 74. The lowest BCUT2D eigenvalue weighted by Gasteiger charge is -2.22. The van der Waals surface area contributed by atoms with Gasteiger partial charge in [-0.3, -0.25) is 9.59 Å². The molecule has 1 amide bonds. The van der Waals surface area contributed by atoms with Gasteiger partial charge in [0, 0.05) is 12.8 Å². The average Bonchev–Trinajstić information content (AvgIpc) is 3.51. The molecule has 0 aromatic carbocycles. The van der Waals surface area contributed by atoms with E-state index in [4.69, 9.17) is 4.74 Å². The lowest BCUT2D eigenvalue weighted by Crippen LogP contribution is -2.45. The monoisotopic (exact) mass is 1180 g/mol. The van der Waals surface area contributed by atoms with Gasteiger partial charge in [-0.25, -0.2) is 0 Å². The van der Waals surface area contributed by atoms with Crippen molar-refractivity contribution in [2.24, 2.45) is 0 Å². The molecule has 0 fully saturated rings. The van der Waals surface area contributed by atoms with Gasteiger partial charge in [0.15, 0.2) is 0 Å². The Bertz CT molecular complexity index is 1270. The molecule has 84 heavy (non-hydrogen) atoms. The van der Waals surface area contributed by atoms with Gasteiger partial charge in [-0.05, 0) is 51.4 Å². The van der Waals surface area contributed by atoms with E-state index in [0.29, 0.717) is 25.9 Å². The van der Waals surface area contributed by atoms with Gasteiger partial charge >= 0.3 is 5.97 Å². The van der Waals surface area contributed by atoms with Gasteiger partial charge in [-0.2, -0.15) is 0 Å². The Kier molecular flexibility index (Phi) is 72.8. The van der Waals surface area contributed by atoms with Crippen LogP contribution >= 0.6 is 0 Å². The van der Waals surface area contributed by atoms with Crippen molar-refractivity contribution in [3.63, 3.8) is 0 Å². The van der Waals surface area contributed by atoms with E-state index in [9.17, 15) is 19.8 Å². The predicted octanol–water partition coefficient (Wildman–Crippen LogP) is 25.5. The van der Waals surface area contributed by atoms with E-state index in [0.717, 1.165) is 38.5 Å². The van der Waals surface area contributed by atoms with Crippen molar-refractivity contribution < 1.29 is 24.5 Å². The summed E-state index contributed by atoms with van der Waals surface area (Å²) in [7, 11) is 0. The molecule has 0 bridgehead atoms. The van der Waals surface area contributed by atoms with E-state index in [1.807, 2.05) is 0 Å². The number of hydrogen-bond donors (Lipinski definition) is 3. The maximum atomic E-state index is 12.5. The van der Waals surface area contributed by atoms with Crippen LogP contribution in [-0.4, -0.2) is 47.4 Å². The summed E-state index contributed by atoms with van der Waals surface area (Å²) in [6.07, 6.45) is 93.0. The number of ether oxygens (including phenoxy) is 1. The predicted molar refractivity (Wildman–Crippen MR) is 370 cm³/mol. The van der Waals surface area contributed by atoms with Gasteiger partial charge in [0.05, 0.1) is 25.4 Å². The van der Waals surface area contributed by atoms with E-state index < -0.39 is 12.1 Å². The van der Waals surface area contributed by atoms with Crippen molar-refractivity contribution in [2.75, 3.05) is 13.2 Å². The Morgan fingerprint density at radius 1 is 0.321 bits per heavy atom. The first kappa shape index (κ1) is 82.6. The Balaban J connectivity index is 3.33. The van der Waals surface area contributed by atoms with Crippen LogP contribution in [0.15, 0.2) is 12.2 Å². The molecule has 0 saturated carbocycles. The first-order valence-corrected chi connectivity index (χ1v) is 38.9. The molecular weight excluding hydrogens is 1030 g/mol. The zero-order chi connectivity index (χ0) is 60.6. The van der Waals surface area contributed by atoms with Gasteiger partial charge < -0.3 is 20.3 Å². The fourth-order valence-electron chi connectivity index (χ4n) is 12.6. The van der Waals surface area contributed by atoms with Crippen LogP contribution in [0, 0.1) is 0 Å². The molecule has 0 aliphatic carbocycles. The summed E-state index contributed by atoms with van der Waals surface area (Å²) in [6, 6.07) is -0.539. The lowest BCUT2D eigenvalue weighted by atomic mass is 10.0. The van der Waals surface area contributed by atoms with Crippen LogP contribution < -0.4 is 5.32 Å². The molecule has 2 unspecified atom stereocenters. The second kappa shape index (κ2) is 74.1. The molecule has 6 nitrogen and oxygen atoms in total. The standard InChI is InChI=1S/C78H153NO5/c1-3-5-7-9-11-13-15-17-19-21-39-42-46-50-54-58-62-66-70-76(81)75(74-80)79-77(82)71-67-63-59-55-51-47-43-40-37-35-33-31-29-27-25-23-22-24-26-28-30-32-34-36-38-41-45-49-53-57-61-65-69-73-84-78(83)72-68-64-60-56-52-48-44-20-18-16-14-12-10-8-6-4-2/h26,28,75-76,80-81H,3-25,27,29-74H2,1-2H3,(H,79,82)/b28-26-. The van der Waals surface area contributed by atoms with Crippen LogP contribution in [0.3, 0.4) is 0 Å². The fourth-order valence-corrected chi connectivity index (χ4v) is 12.6. The van der Waals surface area contributed by atoms with E-state index in [2.05, 4.69) is 31.3 Å². The first-order valence-electron chi connectivity index (χ1n) is 38.9. The first-order chi connectivity index (χ1) is 41.5. The third-order valence-corrected chi connectivity index (χ3v) is 18.6. The number of amides is 1. The molecular formula is C78H153NO5. The third kappa shape index (κ3) is 69.7. The lowest BCUT2D eigenvalue weighted by molar-refractivity contribution is -0.143. The van der Waals surface area contributed by atoms with Crippen LogP contribution in [-0.2, 0) is 14.3 Å². The van der Waals surface area contributed by atoms with Crippen LogP contribution in [0.5, 0.6) is 0 Å². The number of carbonyl (C=O) groups is 2. The topological polar surface area (TPSA) is 95.9 Å². The molecule has 0 aromatic rings. The SMILES string of the molecule is CCCCCCCCCCCCCCCCCCCCC(O)C(CO)NC(=O)CCCCCCCCCCCCCCCCCCC/C=C\CCCCCCCCCCCCCCOC(=O)CCCCCCCCCCCCCCCCCC. The van der Waals surface area contributed by atoms with Crippen LogP contribution in [0.25, 0.3) is 0 Å². The molecule has 0 saturated heterocycles. The maximum Gasteiger partial charge on any atom is 0.305 e. The number of esters is 1. The van der Waals surface area contributed by atoms with Crippen molar-refractivity contribution in [3.05, 3.63) is 12.2 Å². The molecule has 2 atom stereocenters. The normalized spacial score (nSPS) is 12.5. The Hall–Kier alpha value is -1.40. The number of unbranched alkanes of at least 4 members (excludes halogenated alkanes) is 61. The van der Waals surface area contributed by atoms with Crippen LogP contribution in [0.1, 0.15) is 450 Å². The van der Waals surface area contributed by atoms with Gasteiger partial charge in [-0.15, -0.1) is 0 Å². The number of aliphatic hydroxyl groups excluding tert-OH is 2. The smallest absolute Gasteiger partial charge is 0.305 e. The largest absolute Gasteiger partial charge is 0.466 e. The zero-order valence-corrected chi connectivity index (χ0v) is 57.4. The molecule has 0 heterocycles. The van der Waals surface area contributed by atoms with Crippen molar-refractivity contribution in [3.8, 4) is 0 Å². The highest BCUT2D eigenvalue weighted by Crippen LogP contribution is 2.20. The van der Waals surface area contributed by atoms with Gasteiger partial charge in [0.1, 0.15) is 0 Å². The summed E-state index contributed by atoms with van der Waals surface area (Å²) < 4.78 is 5.51. The quantitative estimate of drug-likeness (QED) is 0.0320. The molecule has 3 N–H and O–H groups in total. The van der Waals surface area contributed by atoms with E-state index in [1.54, 1.807) is 0 Å². The molecule has 0 aromatic heterocycles. The second-order valence-corrected chi connectivity index (χ2v) is 27.0.